The van der Waals surface area contributed by atoms with Crippen molar-refractivity contribution < 1.29 is 14.3 Å². The van der Waals surface area contributed by atoms with Gasteiger partial charge in [-0.25, -0.2) is 0 Å². The van der Waals surface area contributed by atoms with Crippen LogP contribution in [0.5, 0.6) is 5.75 Å². The van der Waals surface area contributed by atoms with Crippen molar-refractivity contribution in [2.75, 3.05) is 25.0 Å². The lowest BCUT2D eigenvalue weighted by molar-refractivity contribution is -0.124. The van der Waals surface area contributed by atoms with E-state index >= 15 is 0 Å². The van der Waals surface area contributed by atoms with Gasteiger partial charge in [0.25, 0.3) is 5.91 Å². The summed E-state index contributed by atoms with van der Waals surface area (Å²) in [6, 6.07) is 16.3. The molecule has 0 saturated carbocycles. The topological polar surface area (TPSA) is 70.7 Å². The van der Waals surface area contributed by atoms with Gasteiger partial charge < -0.3 is 15.4 Å². The van der Waals surface area contributed by atoms with Crippen molar-refractivity contribution in [1.29, 1.82) is 0 Å². The van der Waals surface area contributed by atoms with Crippen LogP contribution in [-0.2, 0) is 22.6 Å². The highest BCUT2D eigenvalue weighted by Gasteiger charge is 2.21. The maximum Gasteiger partial charge on any atom is 0.258 e. The number of aryl methyl sites for hydroxylation is 1. The van der Waals surface area contributed by atoms with E-state index in [0.717, 1.165) is 50.1 Å². The highest BCUT2D eigenvalue weighted by atomic mass is 16.5. The molecule has 0 aromatic heterocycles. The minimum absolute atomic E-state index is 0.0169. The Morgan fingerprint density at radius 1 is 1.10 bits per heavy atom. The van der Waals surface area contributed by atoms with Crippen LogP contribution < -0.4 is 15.4 Å². The Kier molecular flexibility index (Phi) is 6.10. The molecule has 2 aliphatic heterocycles. The van der Waals surface area contributed by atoms with Crippen LogP contribution in [0.3, 0.4) is 0 Å². The summed E-state index contributed by atoms with van der Waals surface area (Å²) in [5.74, 6) is 0.512. The molecule has 0 unspecified atom stereocenters. The van der Waals surface area contributed by atoms with E-state index in [1.165, 1.54) is 5.56 Å². The average Bonchev–Trinajstić information content (AvgIpc) is 2.74. The van der Waals surface area contributed by atoms with Gasteiger partial charge in [-0.2, -0.15) is 0 Å². The predicted molar refractivity (Wildman–Crippen MR) is 112 cm³/mol. The van der Waals surface area contributed by atoms with E-state index in [0.29, 0.717) is 12.2 Å². The van der Waals surface area contributed by atoms with Crippen molar-refractivity contribution >= 4 is 17.5 Å². The number of fused-ring (bicyclic) bond motifs is 1. The first-order valence-electron chi connectivity index (χ1n) is 10.3. The predicted octanol–water partition coefficient (Wildman–Crippen LogP) is 2.73. The molecular formula is C23H27N3O3. The summed E-state index contributed by atoms with van der Waals surface area (Å²) >= 11 is 0. The van der Waals surface area contributed by atoms with Crippen LogP contribution in [0.25, 0.3) is 0 Å². The Morgan fingerprint density at radius 2 is 1.90 bits per heavy atom. The fourth-order valence-electron chi connectivity index (χ4n) is 3.94. The zero-order chi connectivity index (χ0) is 20.1. The summed E-state index contributed by atoms with van der Waals surface area (Å²) < 4.78 is 5.64. The van der Waals surface area contributed by atoms with Crippen molar-refractivity contribution in [2.45, 2.75) is 38.3 Å². The Morgan fingerprint density at radius 3 is 2.69 bits per heavy atom. The van der Waals surface area contributed by atoms with Gasteiger partial charge in [-0.05, 0) is 36.5 Å². The van der Waals surface area contributed by atoms with E-state index in [9.17, 15) is 9.59 Å². The van der Waals surface area contributed by atoms with Gasteiger partial charge in [0.05, 0.1) is 0 Å². The molecule has 4 rings (SSSR count). The molecule has 0 bridgehead atoms. The molecule has 1 fully saturated rings. The molecule has 2 aliphatic rings. The minimum Gasteiger partial charge on any atom is -0.484 e. The Hall–Kier alpha value is -2.86. The number of carbonyl (C=O) groups excluding carboxylic acids is 2. The largest absolute Gasteiger partial charge is 0.484 e. The lowest BCUT2D eigenvalue weighted by Crippen LogP contribution is -2.45. The standard InChI is InChI=1S/C23H27N3O3/c27-22-9-7-18-6-8-20(14-21(18)25-22)29-16-23(28)24-19-10-12-26(13-11-19)15-17-4-2-1-3-5-17/h1-6,8,14,19H,7,9-13,15-16H2,(H,24,28)(H,25,27). The number of hydrogen-bond acceptors (Lipinski definition) is 4. The van der Waals surface area contributed by atoms with Crippen LogP contribution >= 0.6 is 0 Å². The number of nitrogens with one attached hydrogen (secondary N) is 2. The van der Waals surface area contributed by atoms with Gasteiger partial charge in [-0.1, -0.05) is 36.4 Å². The van der Waals surface area contributed by atoms with Crippen molar-refractivity contribution in [3.05, 3.63) is 59.7 Å². The van der Waals surface area contributed by atoms with E-state index in [1.807, 2.05) is 18.2 Å². The molecule has 2 aromatic carbocycles. The molecule has 0 aliphatic carbocycles. The number of benzene rings is 2. The van der Waals surface area contributed by atoms with Gasteiger partial charge in [-0.15, -0.1) is 0 Å². The molecule has 0 atom stereocenters. The lowest BCUT2D eigenvalue weighted by atomic mass is 10.0. The summed E-state index contributed by atoms with van der Waals surface area (Å²) in [6.07, 6.45) is 3.15. The molecule has 1 saturated heterocycles. The zero-order valence-electron chi connectivity index (χ0n) is 16.5. The summed E-state index contributed by atoms with van der Waals surface area (Å²) in [4.78, 5) is 26.2. The zero-order valence-corrected chi connectivity index (χ0v) is 16.5. The third kappa shape index (κ3) is 5.35. The molecule has 0 spiro atoms. The van der Waals surface area contributed by atoms with Crippen LogP contribution in [0.15, 0.2) is 48.5 Å². The Balaban J connectivity index is 1.20. The molecule has 6 heteroatoms. The number of carbonyl (C=O) groups is 2. The number of likely N-dealkylation sites (tertiary alicyclic amines) is 1. The normalized spacial score (nSPS) is 17.3. The second kappa shape index (κ2) is 9.09. The first-order valence-corrected chi connectivity index (χ1v) is 10.3. The van der Waals surface area contributed by atoms with Crippen LogP contribution in [0, 0.1) is 0 Å². The van der Waals surface area contributed by atoms with Crippen LogP contribution in [-0.4, -0.2) is 42.5 Å². The maximum atomic E-state index is 12.3. The van der Waals surface area contributed by atoms with E-state index in [2.05, 4.69) is 39.8 Å². The van der Waals surface area contributed by atoms with Gasteiger partial charge in [0, 0.05) is 43.9 Å². The van der Waals surface area contributed by atoms with E-state index in [-0.39, 0.29) is 24.5 Å². The van der Waals surface area contributed by atoms with Crippen molar-refractivity contribution in [3.8, 4) is 5.75 Å². The van der Waals surface area contributed by atoms with Crippen molar-refractivity contribution in [2.24, 2.45) is 0 Å². The molecule has 2 heterocycles. The van der Waals surface area contributed by atoms with Crippen LogP contribution in [0.4, 0.5) is 5.69 Å². The first-order chi connectivity index (χ1) is 14.2. The van der Waals surface area contributed by atoms with Crippen LogP contribution in [0.2, 0.25) is 0 Å². The number of hydrogen-bond donors (Lipinski definition) is 2. The third-order valence-electron chi connectivity index (χ3n) is 5.55. The molecular weight excluding hydrogens is 366 g/mol. The molecule has 2 aromatic rings. The number of piperidine rings is 1. The van der Waals surface area contributed by atoms with Crippen LogP contribution in [0.1, 0.15) is 30.4 Å². The van der Waals surface area contributed by atoms with Gasteiger partial charge in [0.15, 0.2) is 6.61 Å². The Labute approximate surface area is 171 Å². The highest BCUT2D eigenvalue weighted by Crippen LogP contribution is 2.27. The molecule has 0 radical (unpaired) electrons. The SMILES string of the molecule is O=C1CCc2ccc(OCC(=O)NC3CCN(Cc4ccccc4)CC3)cc2N1. The molecule has 2 N–H and O–H groups in total. The highest BCUT2D eigenvalue weighted by molar-refractivity contribution is 5.94. The minimum atomic E-state index is -0.103. The second-order valence-electron chi connectivity index (χ2n) is 7.76. The molecule has 29 heavy (non-hydrogen) atoms. The summed E-state index contributed by atoms with van der Waals surface area (Å²) in [6.45, 7) is 2.90. The van der Waals surface area contributed by atoms with Gasteiger partial charge in [-0.3, -0.25) is 14.5 Å². The Bertz CT molecular complexity index is 861. The second-order valence-corrected chi connectivity index (χ2v) is 7.76. The van der Waals surface area contributed by atoms with E-state index in [1.54, 1.807) is 6.07 Å². The molecule has 152 valence electrons. The molecule has 2 amide bonds. The fourth-order valence-corrected chi connectivity index (χ4v) is 3.94. The summed E-state index contributed by atoms with van der Waals surface area (Å²) in [7, 11) is 0. The number of ether oxygens (including phenoxy) is 1. The van der Waals surface area contributed by atoms with E-state index in [4.69, 9.17) is 4.74 Å². The number of amides is 2. The number of rotatable bonds is 6. The maximum absolute atomic E-state index is 12.3. The monoisotopic (exact) mass is 393 g/mol. The average molecular weight is 393 g/mol. The fraction of sp³-hybridized carbons (Fsp3) is 0.391. The quantitative estimate of drug-likeness (QED) is 0.792. The van der Waals surface area contributed by atoms with Gasteiger partial charge >= 0.3 is 0 Å². The third-order valence-corrected chi connectivity index (χ3v) is 5.55. The summed E-state index contributed by atoms with van der Waals surface area (Å²) in [5, 5.41) is 5.93. The summed E-state index contributed by atoms with van der Waals surface area (Å²) in [5.41, 5.74) is 3.21. The van der Waals surface area contributed by atoms with Crippen molar-refractivity contribution in [1.82, 2.24) is 10.2 Å². The number of anilines is 1. The van der Waals surface area contributed by atoms with Gasteiger partial charge in [0.1, 0.15) is 5.75 Å². The first kappa shape index (κ1) is 19.5. The van der Waals surface area contributed by atoms with E-state index < -0.39 is 0 Å². The van der Waals surface area contributed by atoms with Crippen molar-refractivity contribution in [3.63, 3.8) is 0 Å². The molecule has 6 nitrogen and oxygen atoms in total. The number of nitrogens with zero attached hydrogens (tertiary/aromatic N) is 1. The lowest BCUT2D eigenvalue weighted by Gasteiger charge is -2.32. The van der Waals surface area contributed by atoms with Gasteiger partial charge in [0.2, 0.25) is 5.91 Å². The smallest absolute Gasteiger partial charge is 0.258 e.